The van der Waals surface area contributed by atoms with Gasteiger partial charge in [0.05, 0.1) is 17.0 Å². The third kappa shape index (κ3) is 3.32. The van der Waals surface area contributed by atoms with E-state index in [1.807, 2.05) is 24.3 Å². The van der Waals surface area contributed by atoms with Gasteiger partial charge in [0.15, 0.2) is 0 Å². The molecule has 134 valence electrons. The van der Waals surface area contributed by atoms with Crippen molar-refractivity contribution in [2.45, 2.75) is 31.6 Å². The molecule has 1 unspecified atom stereocenters. The first-order valence-corrected chi connectivity index (χ1v) is 8.88. The molecule has 2 fully saturated rings. The van der Waals surface area contributed by atoms with Gasteiger partial charge >= 0.3 is 0 Å². The fraction of sp³-hybridized carbons (Fsp3) is 0.556. The quantitative estimate of drug-likeness (QED) is 0.908. The summed E-state index contributed by atoms with van der Waals surface area (Å²) >= 11 is 0. The highest BCUT2D eigenvalue weighted by Gasteiger charge is 2.38. The normalized spacial score (nSPS) is 23.8. The number of anilines is 1. The molecule has 1 aromatic heterocycles. The number of aromatic amines is 1. The SMILES string of the molecule is O=C(C1CCCN(c2nc3ccccc3[nH]2)C1)N1CCC(F)(F)CC1. The Hall–Kier alpha value is -2.18. The van der Waals surface area contributed by atoms with Gasteiger partial charge in [-0.3, -0.25) is 4.79 Å². The van der Waals surface area contributed by atoms with Gasteiger partial charge in [0.25, 0.3) is 5.92 Å². The molecule has 2 aliphatic rings. The van der Waals surface area contributed by atoms with Gasteiger partial charge in [-0.1, -0.05) is 12.1 Å². The number of carbonyl (C=O) groups excluding carboxylic acids is 1. The van der Waals surface area contributed by atoms with Crippen LogP contribution in [0.25, 0.3) is 11.0 Å². The highest BCUT2D eigenvalue weighted by atomic mass is 19.3. The Balaban J connectivity index is 1.44. The van der Waals surface area contributed by atoms with E-state index in [0.29, 0.717) is 6.54 Å². The van der Waals surface area contributed by atoms with Crippen molar-refractivity contribution < 1.29 is 13.6 Å². The van der Waals surface area contributed by atoms with Crippen LogP contribution in [0.2, 0.25) is 0 Å². The first-order valence-electron chi connectivity index (χ1n) is 8.88. The molecule has 0 bridgehead atoms. The second-order valence-electron chi connectivity index (χ2n) is 7.04. The number of fused-ring (bicyclic) bond motifs is 1. The number of amides is 1. The van der Waals surface area contributed by atoms with Crippen LogP contribution < -0.4 is 4.90 Å². The lowest BCUT2D eigenvalue weighted by atomic mass is 9.95. The zero-order valence-electron chi connectivity index (χ0n) is 14.0. The van der Waals surface area contributed by atoms with Crippen LogP contribution in [-0.2, 0) is 4.79 Å². The number of rotatable bonds is 2. The second kappa shape index (κ2) is 6.28. The van der Waals surface area contributed by atoms with Crippen LogP contribution in [0.5, 0.6) is 0 Å². The molecule has 0 aliphatic carbocycles. The van der Waals surface area contributed by atoms with E-state index in [1.54, 1.807) is 4.90 Å². The van der Waals surface area contributed by atoms with Crippen molar-refractivity contribution in [2.75, 3.05) is 31.1 Å². The highest BCUT2D eigenvalue weighted by Crippen LogP contribution is 2.30. The van der Waals surface area contributed by atoms with Gasteiger partial charge < -0.3 is 14.8 Å². The Kier molecular flexibility index (Phi) is 4.09. The minimum atomic E-state index is -2.62. The summed E-state index contributed by atoms with van der Waals surface area (Å²) in [6, 6.07) is 7.84. The molecule has 3 heterocycles. The van der Waals surface area contributed by atoms with E-state index < -0.39 is 5.92 Å². The molecular formula is C18H22F2N4O. The number of hydrogen-bond donors (Lipinski definition) is 1. The molecule has 2 aliphatic heterocycles. The van der Waals surface area contributed by atoms with Crippen molar-refractivity contribution in [2.24, 2.45) is 5.92 Å². The third-order valence-electron chi connectivity index (χ3n) is 5.25. The number of nitrogens with zero attached hydrogens (tertiary/aromatic N) is 3. The third-order valence-corrected chi connectivity index (χ3v) is 5.25. The number of piperidine rings is 2. The predicted molar refractivity (Wildman–Crippen MR) is 91.8 cm³/mol. The number of benzene rings is 1. The minimum Gasteiger partial charge on any atom is -0.342 e. The molecule has 0 saturated carbocycles. The summed E-state index contributed by atoms with van der Waals surface area (Å²) in [5, 5.41) is 0. The highest BCUT2D eigenvalue weighted by molar-refractivity contribution is 5.80. The maximum Gasteiger partial charge on any atom is 0.251 e. The van der Waals surface area contributed by atoms with Crippen molar-refractivity contribution in [1.29, 1.82) is 0 Å². The van der Waals surface area contributed by atoms with E-state index in [4.69, 9.17) is 0 Å². The molecule has 1 atom stereocenters. The van der Waals surface area contributed by atoms with E-state index in [-0.39, 0.29) is 37.8 Å². The molecule has 25 heavy (non-hydrogen) atoms. The fourth-order valence-electron chi connectivity index (χ4n) is 3.77. The number of likely N-dealkylation sites (tertiary alicyclic amines) is 1. The van der Waals surface area contributed by atoms with Crippen molar-refractivity contribution >= 4 is 22.9 Å². The maximum absolute atomic E-state index is 13.3. The smallest absolute Gasteiger partial charge is 0.251 e. The standard InChI is InChI=1S/C18H22F2N4O/c19-18(20)7-10-23(11-8-18)16(25)13-4-3-9-24(12-13)17-21-14-5-1-2-6-15(14)22-17/h1-2,5-6,13H,3-4,7-12H2,(H,21,22). The molecule has 1 N–H and O–H groups in total. The number of H-pyrrole nitrogens is 1. The number of imidazole rings is 1. The van der Waals surface area contributed by atoms with Gasteiger partial charge in [-0.2, -0.15) is 0 Å². The Morgan fingerprint density at radius 2 is 1.96 bits per heavy atom. The van der Waals surface area contributed by atoms with Crippen LogP contribution in [0.1, 0.15) is 25.7 Å². The Morgan fingerprint density at radius 3 is 2.72 bits per heavy atom. The topological polar surface area (TPSA) is 52.2 Å². The van der Waals surface area contributed by atoms with Crippen LogP contribution in [0, 0.1) is 5.92 Å². The summed E-state index contributed by atoms with van der Waals surface area (Å²) in [7, 11) is 0. The number of alkyl halides is 2. The second-order valence-corrected chi connectivity index (χ2v) is 7.04. The number of halogens is 2. The summed E-state index contributed by atoms with van der Waals surface area (Å²) in [5.41, 5.74) is 1.88. The molecule has 2 aromatic rings. The average Bonchev–Trinajstić information content (AvgIpc) is 3.05. The molecule has 7 heteroatoms. The lowest BCUT2D eigenvalue weighted by Gasteiger charge is -2.37. The molecule has 0 spiro atoms. The molecule has 1 aromatic carbocycles. The average molecular weight is 348 g/mol. The van der Waals surface area contributed by atoms with E-state index in [0.717, 1.165) is 36.4 Å². The lowest BCUT2D eigenvalue weighted by Crippen LogP contribution is -2.49. The molecule has 0 radical (unpaired) electrons. The van der Waals surface area contributed by atoms with Crippen LogP contribution >= 0.6 is 0 Å². The number of carbonyl (C=O) groups is 1. The summed E-state index contributed by atoms with van der Waals surface area (Å²) in [6.45, 7) is 1.76. The number of nitrogens with one attached hydrogen (secondary N) is 1. The fourth-order valence-corrected chi connectivity index (χ4v) is 3.77. The summed E-state index contributed by atoms with van der Waals surface area (Å²) in [6.07, 6.45) is 1.26. The van der Waals surface area contributed by atoms with E-state index >= 15 is 0 Å². The summed E-state index contributed by atoms with van der Waals surface area (Å²) in [4.78, 5) is 24.4. The predicted octanol–water partition coefficient (Wildman–Crippen LogP) is 3.04. The summed E-state index contributed by atoms with van der Waals surface area (Å²) in [5.74, 6) is -1.97. The van der Waals surface area contributed by atoms with Crippen molar-refractivity contribution in [3.63, 3.8) is 0 Å². The van der Waals surface area contributed by atoms with E-state index in [2.05, 4.69) is 14.9 Å². The molecular weight excluding hydrogens is 326 g/mol. The number of hydrogen-bond acceptors (Lipinski definition) is 3. The first kappa shape index (κ1) is 16.3. The van der Waals surface area contributed by atoms with Crippen LogP contribution in [0.15, 0.2) is 24.3 Å². The Bertz CT molecular complexity index is 732. The van der Waals surface area contributed by atoms with Crippen LogP contribution in [0.3, 0.4) is 0 Å². The molecule has 2 saturated heterocycles. The van der Waals surface area contributed by atoms with E-state index in [9.17, 15) is 13.6 Å². The van der Waals surface area contributed by atoms with Crippen LogP contribution in [0.4, 0.5) is 14.7 Å². The van der Waals surface area contributed by atoms with Gasteiger partial charge in [0.2, 0.25) is 11.9 Å². The number of para-hydroxylation sites is 2. The minimum absolute atomic E-state index is 0.0105. The van der Waals surface area contributed by atoms with Gasteiger partial charge in [-0.15, -0.1) is 0 Å². The number of aromatic nitrogens is 2. The van der Waals surface area contributed by atoms with Crippen LogP contribution in [-0.4, -0.2) is 52.9 Å². The first-order chi connectivity index (χ1) is 12.0. The Labute approximate surface area is 145 Å². The monoisotopic (exact) mass is 348 g/mol. The molecule has 4 rings (SSSR count). The van der Waals surface area contributed by atoms with Gasteiger partial charge in [0.1, 0.15) is 0 Å². The van der Waals surface area contributed by atoms with Crippen molar-refractivity contribution in [3.8, 4) is 0 Å². The lowest BCUT2D eigenvalue weighted by molar-refractivity contribution is -0.141. The van der Waals surface area contributed by atoms with Crippen molar-refractivity contribution in [1.82, 2.24) is 14.9 Å². The molecule has 1 amide bonds. The maximum atomic E-state index is 13.3. The van der Waals surface area contributed by atoms with Gasteiger partial charge in [0, 0.05) is 39.0 Å². The van der Waals surface area contributed by atoms with Gasteiger partial charge in [-0.05, 0) is 25.0 Å². The molecule has 5 nitrogen and oxygen atoms in total. The zero-order chi connectivity index (χ0) is 17.4. The van der Waals surface area contributed by atoms with Gasteiger partial charge in [-0.25, -0.2) is 13.8 Å². The zero-order valence-corrected chi connectivity index (χ0v) is 14.0. The largest absolute Gasteiger partial charge is 0.342 e. The van der Waals surface area contributed by atoms with Crippen molar-refractivity contribution in [3.05, 3.63) is 24.3 Å². The Morgan fingerprint density at radius 1 is 1.20 bits per heavy atom. The van der Waals surface area contributed by atoms with E-state index in [1.165, 1.54) is 0 Å². The summed E-state index contributed by atoms with van der Waals surface area (Å²) < 4.78 is 26.6.